The molecule has 2 aromatic heterocycles. The summed E-state index contributed by atoms with van der Waals surface area (Å²) >= 11 is 0. The van der Waals surface area contributed by atoms with E-state index in [0.29, 0.717) is 30.1 Å². The van der Waals surface area contributed by atoms with Crippen molar-refractivity contribution in [3.05, 3.63) is 47.8 Å². The molecule has 3 aromatic rings. The third-order valence-electron chi connectivity index (χ3n) is 4.37. The summed E-state index contributed by atoms with van der Waals surface area (Å²) in [5, 5.41) is 0.687. The molecule has 2 heterocycles. The van der Waals surface area contributed by atoms with Gasteiger partial charge in [0.15, 0.2) is 17.4 Å². The van der Waals surface area contributed by atoms with Crippen LogP contribution in [-0.4, -0.2) is 24.2 Å². The molecule has 1 aromatic carbocycles. The van der Waals surface area contributed by atoms with Gasteiger partial charge in [0, 0.05) is 44.9 Å². The lowest BCUT2D eigenvalue weighted by atomic mass is 10.2. The zero-order valence-corrected chi connectivity index (χ0v) is 17.6. The number of nitrogen functional groups attached to an aromatic ring is 1. The predicted octanol–water partition coefficient (Wildman–Crippen LogP) is 5.31. The van der Waals surface area contributed by atoms with Crippen molar-refractivity contribution in [1.29, 1.82) is 0 Å². The number of aryl methyl sites for hydroxylation is 1. The smallest absolute Gasteiger partial charge is 0.198 e. The molecule has 0 fully saturated rings. The Morgan fingerprint density at radius 3 is 2.50 bits per heavy atom. The second-order valence-corrected chi connectivity index (χ2v) is 13.7. The fourth-order valence-corrected chi connectivity index (χ4v) is 3.65. The van der Waals surface area contributed by atoms with Gasteiger partial charge in [-0.15, -0.1) is 0 Å². The highest BCUT2D eigenvalue weighted by atomic mass is 28.3. The Hall–Kier alpha value is -2.45. The van der Waals surface area contributed by atoms with Crippen molar-refractivity contribution in [2.45, 2.75) is 39.3 Å². The molecule has 0 aliphatic carbocycles. The molecule has 0 atom stereocenters. The van der Waals surface area contributed by atoms with Crippen LogP contribution < -0.4 is 10.5 Å². The number of pyridine rings is 1. The highest BCUT2D eigenvalue weighted by molar-refractivity contribution is 6.76. The fraction of sp³-hybridized carbons (Fsp3) is 0.350. The fourth-order valence-electron chi connectivity index (χ4n) is 2.89. The Kier molecular flexibility index (Phi) is 5.71. The largest absolute Gasteiger partial charge is 0.450 e. The van der Waals surface area contributed by atoms with E-state index in [-0.39, 0.29) is 5.69 Å². The number of ether oxygens (including phenoxy) is 2. The normalized spacial score (nSPS) is 11.9. The maximum Gasteiger partial charge on any atom is 0.198 e. The summed E-state index contributed by atoms with van der Waals surface area (Å²) in [5.41, 5.74) is 6.98. The van der Waals surface area contributed by atoms with Gasteiger partial charge in [0.25, 0.3) is 0 Å². The molecule has 28 heavy (non-hydrogen) atoms. The van der Waals surface area contributed by atoms with Crippen LogP contribution in [0, 0.1) is 18.6 Å². The van der Waals surface area contributed by atoms with Gasteiger partial charge in [-0.2, -0.15) is 0 Å². The van der Waals surface area contributed by atoms with Crippen molar-refractivity contribution in [2.75, 3.05) is 12.3 Å². The van der Waals surface area contributed by atoms with Crippen molar-refractivity contribution in [2.24, 2.45) is 0 Å². The van der Waals surface area contributed by atoms with E-state index in [0.717, 1.165) is 23.7 Å². The van der Waals surface area contributed by atoms with Gasteiger partial charge >= 0.3 is 0 Å². The van der Waals surface area contributed by atoms with E-state index in [1.165, 1.54) is 0 Å². The van der Waals surface area contributed by atoms with Crippen molar-refractivity contribution >= 4 is 24.8 Å². The van der Waals surface area contributed by atoms with E-state index < -0.39 is 25.5 Å². The summed E-state index contributed by atoms with van der Waals surface area (Å²) in [5.74, 6) is -1.87. The molecule has 2 N–H and O–H groups in total. The number of benzene rings is 1. The highest BCUT2D eigenvalue weighted by Gasteiger charge is 2.18. The van der Waals surface area contributed by atoms with E-state index in [9.17, 15) is 8.78 Å². The maximum atomic E-state index is 14.1. The van der Waals surface area contributed by atoms with Crippen LogP contribution in [0.4, 0.5) is 14.5 Å². The number of hydrogen-bond acceptors (Lipinski definition) is 4. The highest BCUT2D eigenvalue weighted by Crippen LogP contribution is 2.35. The zero-order valence-electron chi connectivity index (χ0n) is 16.6. The summed E-state index contributed by atoms with van der Waals surface area (Å²) in [6, 6.07) is 4.71. The summed E-state index contributed by atoms with van der Waals surface area (Å²) in [6.45, 7) is 9.83. The van der Waals surface area contributed by atoms with Crippen LogP contribution in [-0.2, 0) is 11.5 Å². The van der Waals surface area contributed by atoms with Gasteiger partial charge in [-0.1, -0.05) is 19.6 Å². The lowest BCUT2D eigenvalue weighted by Crippen LogP contribution is -2.22. The van der Waals surface area contributed by atoms with E-state index in [1.807, 2.05) is 17.7 Å². The topological polar surface area (TPSA) is 62.3 Å². The average Bonchev–Trinajstić information content (AvgIpc) is 2.91. The Morgan fingerprint density at radius 2 is 1.86 bits per heavy atom. The Labute approximate surface area is 164 Å². The van der Waals surface area contributed by atoms with Crippen molar-refractivity contribution in [3.8, 4) is 11.5 Å². The van der Waals surface area contributed by atoms with Gasteiger partial charge in [-0.05, 0) is 24.6 Å². The Morgan fingerprint density at radius 1 is 1.18 bits per heavy atom. The quantitative estimate of drug-likeness (QED) is 0.329. The lowest BCUT2D eigenvalue weighted by molar-refractivity contribution is 0.0898. The van der Waals surface area contributed by atoms with Gasteiger partial charge in [-0.25, -0.2) is 13.8 Å². The number of nitrogens with two attached hydrogens (primary N) is 1. The van der Waals surface area contributed by atoms with Crippen LogP contribution in [0.15, 0.2) is 30.6 Å². The number of fused-ring (bicyclic) bond motifs is 1. The number of rotatable bonds is 7. The van der Waals surface area contributed by atoms with Gasteiger partial charge in [0.05, 0.1) is 5.39 Å². The third-order valence-corrected chi connectivity index (χ3v) is 6.07. The van der Waals surface area contributed by atoms with E-state index in [2.05, 4.69) is 24.6 Å². The summed E-state index contributed by atoms with van der Waals surface area (Å²) in [4.78, 5) is 4.39. The van der Waals surface area contributed by atoms with Crippen LogP contribution in [0.1, 0.15) is 5.56 Å². The van der Waals surface area contributed by atoms with Crippen LogP contribution >= 0.6 is 0 Å². The first-order valence-electron chi connectivity index (χ1n) is 9.10. The minimum Gasteiger partial charge on any atom is -0.450 e. The number of nitrogens with zero attached hydrogens (tertiary/aromatic N) is 2. The monoisotopic (exact) mass is 405 g/mol. The summed E-state index contributed by atoms with van der Waals surface area (Å²) in [7, 11) is -1.16. The molecule has 0 aliphatic rings. The number of aromatic nitrogens is 2. The van der Waals surface area contributed by atoms with Crippen LogP contribution in [0.5, 0.6) is 11.5 Å². The standard InChI is InChI=1S/C20H25F2N3O2Si/c1-13-11-25(12-26-7-8-28(2,3)4)20-18(13)17(5-6-24-20)27-19-15(21)9-14(23)10-16(19)22/h5-6,9-11H,7-8,12,23H2,1-4H3. The molecule has 0 saturated heterocycles. The van der Waals surface area contributed by atoms with Crippen molar-refractivity contribution < 1.29 is 18.3 Å². The molecular weight excluding hydrogens is 380 g/mol. The van der Waals surface area contributed by atoms with Crippen molar-refractivity contribution in [1.82, 2.24) is 9.55 Å². The second kappa shape index (κ2) is 7.88. The second-order valence-electron chi connectivity index (χ2n) is 8.05. The number of halogens is 2. The summed E-state index contributed by atoms with van der Waals surface area (Å²) in [6.07, 6.45) is 3.44. The van der Waals surface area contributed by atoms with E-state index in [1.54, 1.807) is 12.3 Å². The summed E-state index contributed by atoms with van der Waals surface area (Å²) < 4.78 is 41.5. The molecule has 0 spiro atoms. The Balaban J connectivity index is 1.87. The first kappa shape index (κ1) is 20.3. The van der Waals surface area contributed by atoms with E-state index in [4.69, 9.17) is 15.2 Å². The van der Waals surface area contributed by atoms with Crippen molar-refractivity contribution in [3.63, 3.8) is 0 Å². The lowest BCUT2D eigenvalue weighted by Gasteiger charge is -2.15. The van der Waals surface area contributed by atoms with Gasteiger partial charge < -0.3 is 19.8 Å². The predicted molar refractivity (Wildman–Crippen MR) is 109 cm³/mol. The molecule has 0 aliphatic heterocycles. The third kappa shape index (κ3) is 4.51. The van der Waals surface area contributed by atoms with Gasteiger partial charge in [0.2, 0.25) is 0 Å². The molecule has 0 saturated carbocycles. The molecule has 0 bridgehead atoms. The molecule has 0 amide bonds. The van der Waals surface area contributed by atoms with Gasteiger partial charge in [-0.3, -0.25) is 0 Å². The molecule has 8 heteroatoms. The molecule has 5 nitrogen and oxygen atoms in total. The zero-order chi connectivity index (χ0) is 20.5. The van der Waals surface area contributed by atoms with Crippen LogP contribution in [0.25, 0.3) is 11.0 Å². The minimum absolute atomic E-state index is 0.0000237. The van der Waals surface area contributed by atoms with Crippen LogP contribution in [0.2, 0.25) is 25.7 Å². The first-order valence-corrected chi connectivity index (χ1v) is 12.8. The SMILES string of the molecule is Cc1cn(COCC[Si](C)(C)C)c2nccc(Oc3c(F)cc(N)cc3F)c12. The maximum absolute atomic E-state index is 14.1. The first-order chi connectivity index (χ1) is 13.2. The van der Waals surface area contributed by atoms with E-state index >= 15 is 0 Å². The molecule has 0 unspecified atom stereocenters. The molecule has 150 valence electrons. The molecule has 3 rings (SSSR count). The minimum atomic E-state index is -1.16. The molecule has 0 radical (unpaired) electrons. The molecular formula is C20H25F2N3O2Si. The Bertz CT molecular complexity index is 976. The number of hydrogen-bond donors (Lipinski definition) is 1. The van der Waals surface area contributed by atoms with Gasteiger partial charge in [0.1, 0.15) is 18.1 Å². The van der Waals surface area contributed by atoms with Crippen LogP contribution in [0.3, 0.4) is 0 Å². The number of anilines is 1. The average molecular weight is 406 g/mol.